The lowest BCUT2D eigenvalue weighted by molar-refractivity contribution is 0.544. The average Bonchev–Trinajstić information content (AvgIpc) is 2.37. The maximum atomic E-state index is 8.89. The smallest absolute Gasteiger partial charge is 0.148 e. The van der Waals surface area contributed by atoms with Crippen molar-refractivity contribution in [3.8, 4) is 12.1 Å². The Kier molecular flexibility index (Phi) is 4.84. The molecule has 7 nitrogen and oxygen atoms in total. The van der Waals surface area contributed by atoms with Crippen LogP contribution in [0.15, 0.2) is 0 Å². The number of hydrogen-bond acceptors (Lipinski definition) is 7. The molecule has 7 heteroatoms. The summed E-state index contributed by atoms with van der Waals surface area (Å²) >= 11 is 0. The first-order valence-electron chi connectivity index (χ1n) is 6.19. The van der Waals surface area contributed by atoms with Gasteiger partial charge in [-0.3, -0.25) is 0 Å². The number of nitriles is 2. The van der Waals surface area contributed by atoms with E-state index in [4.69, 9.17) is 16.4 Å². The highest BCUT2D eigenvalue weighted by Gasteiger charge is 2.23. The SMILES string of the molecule is Cc1c(NN)nc(C(C)(C)C)nc1N(CC#N)CC#N. The van der Waals surface area contributed by atoms with Crippen molar-refractivity contribution in [2.24, 2.45) is 5.84 Å². The van der Waals surface area contributed by atoms with Crippen molar-refractivity contribution in [2.75, 3.05) is 23.4 Å². The fourth-order valence-electron chi connectivity index (χ4n) is 1.67. The first-order valence-corrected chi connectivity index (χ1v) is 6.19. The van der Waals surface area contributed by atoms with E-state index in [9.17, 15) is 0 Å². The molecular formula is C13H19N7. The molecule has 0 radical (unpaired) electrons. The van der Waals surface area contributed by atoms with Crippen LogP contribution in [0.25, 0.3) is 0 Å². The molecule has 0 amide bonds. The normalized spacial score (nSPS) is 10.6. The van der Waals surface area contributed by atoms with E-state index in [-0.39, 0.29) is 18.5 Å². The summed E-state index contributed by atoms with van der Waals surface area (Å²) in [6.45, 7) is 7.93. The van der Waals surface area contributed by atoms with Gasteiger partial charge in [0, 0.05) is 11.0 Å². The number of aromatic nitrogens is 2. The van der Waals surface area contributed by atoms with E-state index < -0.39 is 0 Å². The Morgan fingerprint density at radius 1 is 1.20 bits per heavy atom. The molecule has 0 saturated heterocycles. The van der Waals surface area contributed by atoms with E-state index in [2.05, 4.69) is 15.4 Å². The number of nitrogens with zero attached hydrogens (tertiary/aromatic N) is 5. The van der Waals surface area contributed by atoms with Gasteiger partial charge in [0.1, 0.15) is 30.5 Å². The molecule has 0 fully saturated rings. The molecule has 0 saturated carbocycles. The summed E-state index contributed by atoms with van der Waals surface area (Å²) in [5, 5.41) is 17.8. The van der Waals surface area contributed by atoms with Gasteiger partial charge in [-0.1, -0.05) is 20.8 Å². The van der Waals surface area contributed by atoms with Gasteiger partial charge in [-0.15, -0.1) is 0 Å². The second kappa shape index (κ2) is 6.18. The second-order valence-electron chi connectivity index (χ2n) is 5.41. The zero-order valence-electron chi connectivity index (χ0n) is 12.2. The minimum absolute atomic E-state index is 0.0823. The Labute approximate surface area is 119 Å². The van der Waals surface area contributed by atoms with Crippen LogP contribution in [0.3, 0.4) is 0 Å². The van der Waals surface area contributed by atoms with Crippen LogP contribution in [-0.2, 0) is 5.41 Å². The molecule has 106 valence electrons. The topological polar surface area (TPSA) is 115 Å². The van der Waals surface area contributed by atoms with Gasteiger partial charge in [-0.05, 0) is 6.92 Å². The van der Waals surface area contributed by atoms with Gasteiger partial charge in [0.15, 0.2) is 0 Å². The molecule has 0 atom stereocenters. The number of rotatable bonds is 4. The summed E-state index contributed by atoms with van der Waals surface area (Å²) in [6.07, 6.45) is 0. The lowest BCUT2D eigenvalue weighted by Crippen LogP contribution is -2.29. The fraction of sp³-hybridized carbons (Fsp3) is 0.538. The number of hydrogen-bond donors (Lipinski definition) is 2. The first kappa shape index (κ1) is 15.7. The Morgan fingerprint density at radius 2 is 1.75 bits per heavy atom. The number of nitrogens with one attached hydrogen (secondary N) is 1. The monoisotopic (exact) mass is 273 g/mol. The van der Waals surface area contributed by atoms with Crippen LogP contribution in [-0.4, -0.2) is 23.1 Å². The van der Waals surface area contributed by atoms with Gasteiger partial charge in [0.05, 0.1) is 12.1 Å². The van der Waals surface area contributed by atoms with Crippen LogP contribution < -0.4 is 16.2 Å². The van der Waals surface area contributed by atoms with E-state index in [1.807, 2.05) is 32.9 Å². The zero-order valence-corrected chi connectivity index (χ0v) is 12.2. The minimum Gasteiger partial charge on any atom is -0.330 e. The van der Waals surface area contributed by atoms with Crippen molar-refractivity contribution in [1.29, 1.82) is 10.5 Å². The van der Waals surface area contributed by atoms with Crippen molar-refractivity contribution in [3.05, 3.63) is 11.4 Å². The first-order chi connectivity index (χ1) is 9.35. The Bertz CT molecular complexity index is 544. The molecule has 0 spiro atoms. The highest BCUT2D eigenvalue weighted by Crippen LogP contribution is 2.27. The highest BCUT2D eigenvalue weighted by atomic mass is 15.3. The maximum absolute atomic E-state index is 8.89. The number of hydrazine groups is 1. The van der Waals surface area contributed by atoms with Gasteiger partial charge in [0.25, 0.3) is 0 Å². The van der Waals surface area contributed by atoms with Crippen LogP contribution in [0, 0.1) is 29.6 Å². The second-order valence-corrected chi connectivity index (χ2v) is 5.41. The summed E-state index contributed by atoms with van der Waals surface area (Å²) in [6, 6.07) is 4.07. The number of nitrogen functional groups attached to an aromatic ring is 1. The van der Waals surface area contributed by atoms with Crippen LogP contribution in [0.4, 0.5) is 11.6 Å². The predicted molar refractivity (Wildman–Crippen MR) is 76.7 cm³/mol. The van der Waals surface area contributed by atoms with Crippen molar-refractivity contribution >= 4 is 11.6 Å². The fourth-order valence-corrected chi connectivity index (χ4v) is 1.67. The Morgan fingerprint density at radius 3 is 2.15 bits per heavy atom. The van der Waals surface area contributed by atoms with Gasteiger partial charge in [-0.25, -0.2) is 15.8 Å². The van der Waals surface area contributed by atoms with Gasteiger partial charge < -0.3 is 10.3 Å². The molecule has 0 aromatic carbocycles. The zero-order chi connectivity index (χ0) is 15.3. The molecule has 1 aromatic heterocycles. The summed E-state index contributed by atoms with van der Waals surface area (Å²) < 4.78 is 0. The standard InChI is InChI=1S/C13H19N7/c1-9-10(19-16)17-12(13(2,3)4)18-11(9)20(7-5-14)8-6-15/h7-8,16H2,1-4H3,(H,17,18,19). The number of nitrogens with two attached hydrogens (primary N) is 1. The summed E-state index contributed by atoms with van der Waals surface area (Å²) in [4.78, 5) is 10.5. The molecule has 0 unspecified atom stereocenters. The maximum Gasteiger partial charge on any atom is 0.148 e. The van der Waals surface area contributed by atoms with E-state index in [1.54, 1.807) is 11.8 Å². The van der Waals surface area contributed by atoms with Crippen molar-refractivity contribution in [1.82, 2.24) is 9.97 Å². The summed E-state index contributed by atoms with van der Waals surface area (Å²) in [5.74, 6) is 7.15. The van der Waals surface area contributed by atoms with Crippen LogP contribution >= 0.6 is 0 Å². The molecule has 1 rings (SSSR count). The van der Waals surface area contributed by atoms with Gasteiger partial charge in [0.2, 0.25) is 0 Å². The molecule has 20 heavy (non-hydrogen) atoms. The van der Waals surface area contributed by atoms with E-state index >= 15 is 0 Å². The van der Waals surface area contributed by atoms with Crippen molar-refractivity contribution in [2.45, 2.75) is 33.1 Å². The van der Waals surface area contributed by atoms with Crippen molar-refractivity contribution in [3.63, 3.8) is 0 Å². The van der Waals surface area contributed by atoms with Crippen LogP contribution in [0.1, 0.15) is 32.2 Å². The summed E-state index contributed by atoms with van der Waals surface area (Å²) in [5.41, 5.74) is 2.99. The Balaban J connectivity index is 3.44. The quantitative estimate of drug-likeness (QED) is 0.481. The lowest BCUT2D eigenvalue weighted by atomic mass is 9.95. The van der Waals surface area contributed by atoms with E-state index in [0.29, 0.717) is 23.0 Å². The largest absolute Gasteiger partial charge is 0.330 e. The Hall–Kier alpha value is -2.38. The molecular weight excluding hydrogens is 254 g/mol. The minimum atomic E-state index is -0.265. The molecule has 1 aromatic rings. The van der Waals surface area contributed by atoms with Crippen LogP contribution in [0.2, 0.25) is 0 Å². The van der Waals surface area contributed by atoms with Crippen molar-refractivity contribution < 1.29 is 0 Å². The van der Waals surface area contributed by atoms with E-state index in [1.165, 1.54) is 0 Å². The average molecular weight is 273 g/mol. The lowest BCUT2D eigenvalue weighted by Gasteiger charge is -2.24. The third-order valence-electron chi connectivity index (χ3n) is 2.75. The molecule has 1 heterocycles. The third-order valence-corrected chi connectivity index (χ3v) is 2.75. The third kappa shape index (κ3) is 3.34. The predicted octanol–water partition coefficient (Wildman–Crippen LogP) is 1.22. The van der Waals surface area contributed by atoms with Gasteiger partial charge >= 0.3 is 0 Å². The summed E-state index contributed by atoms with van der Waals surface area (Å²) in [7, 11) is 0. The molecule has 3 N–H and O–H groups in total. The van der Waals surface area contributed by atoms with E-state index in [0.717, 1.165) is 0 Å². The van der Waals surface area contributed by atoms with Gasteiger partial charge in [-0.2, -0.15) is 10.5 Å². The molecule has 0 aliphatic heterocycles. The molecule has 0 aliphatic carbocycles. The molecule has 0 bridgehead atoms. The molecule has 0 aliphatic rings. The number of anilines is 2. The highest BCUT2D eigenvalue weighted by molar-refractivity contribution is 5.59. The van der Waals surface area contributed by atoms with Crippen LogP contribution in [0.5, 0.6) is 0 Å².